The van der Waals surface area contributed by atoms with Crippen molar-refractivity contribution in [3.05, 3.63) is 11.4 Å². The van der Waals surface area contributed by atoms with Gasteiger partial charge in [-0.3, -0.25) is 0 Å². The third-order valence-corrected chi connectivity index (χ3v) is 3.13. The molecule has 0 fully saturated rings. The molecular formula is C11H18Cl3N3. The Hall–Kier alpha value is 0.01000. The highest BCUT2D eigenvalue weighted by molar-refractivity contribution is 6.66. The lowest BCUT2D eigenvalue weighted by Crippen LogP contribution is -2.10. The van der Waals surface area contributed by atoms with E-state index in [4.69, 9.17) is 34.8 Å². The largest absolute Gasteiger partial charge is 0.249 e. The molecule has 1 rings (SSSR count). The van der Waals surface area contributed by atoms with Crippen molar-refractivity contribution < 1.29 is 0 Å². The molecule has 98 valence electrons. The first-order valence-electron chi connectivity index (χ1n) is 6.00. The fourth-order valence-electron chi connectivity index (χ4n) is 1.63. The van der Waals surface area contributed by atoms with Crippen LogP contribution in [-0.2, 0) is 16.8 Å². The molecule has 6 heteroatoms. The van der Waals surface area contributed by atoms with Crippen LogP contribution in [0.1, 0.15) is 50.9 Å². The summed E-state index contributed by atoms with van der Waals surface area (Å²) < 4.78 is 0.393. The van der Waals surface area contributed by atoms with E-state index in [-0.39, 0.29) is 0 Å². The summed E-state index contributed by atoms with van der Waals surface area (Å²) in [6.07, 6.45) is 5.17. The minimum atomic E-state index is -1.48. The van der Waals surface area contributed by atoms with E-state index in [2.05, 4.69) is 24.2 Å². The smallest absolute Gasteiger partial charge is 0.236 e. The van der Waals surface area contributed by atoms with Crippen LogP contribution in [0.25, 0.3) is 0 Å². The summed E-state index contributed by atoms with van der Waals surface area (Å²) in [7, 11) is 0. The van der Waals surface area contributed by atoms with Gasteiger partial charge in [-0.2, -0.15) is 0 Å². The number of nitrogens with zero attached hydrogens (tertiary/aromatic N) is 3. The lowest BCUT2D eigenvalue weighted by molar-refractivity contribution is 0.528. The van der Waals surface area contributed by atoms with Gasteiger partial charge in [0, 0.05) is 6.54 Å². The molecule has 0 aromatic carbocycles. The van der Waals surface area contributed by atoms with Crippen molar-refractivity contribution in [1.29, 1.82) is 0 Å². The molecule has 0 aliphatic heterocycles. The van der Waals surface area contributed by atoms with Crippen LogP contribution in [0.2, 0.25) is 0 Å². The van der Waals surface area contributed by atoms with Gasteiger partial charge >= 0.3 is 0 Å². The zero-order chi connectivity index (χ0) is 12.9. The van der Waals surface area contributed by atoms with Crippen molar-refractivity contribution in [2.24, 2.45) is 0 Å². The average Bonchev–Trinajstić information content (AvgIpc) is 2.66. The van der Waals surface area contributed by atoms with Crippen molar-refractivity contribution in [2.45, 2.75) is 56.3 Å². The van der Waals surface area contributed by atoms with E-state index in [0.717, 1.165) is 44.3 Å². The minimum absolute atomic E-state index is 0.479. The van der Waals surface area contributed by atoms with Gasteiger partial charge in [-0.15, -0.1) is 5.10 Å². The summed E-state index contributed by atoms with van der Waals surface area (Å²) in [5.74, 6) is 0. The quantitative estimate of drug-likeness (QED) is 0.735. The molecule has 0 aliphatic carbocycles. The maximum atomic E-state index is 5.91. The van der Waals surface area contributed by atoms with E-state index >= 15 is 0 Å². The number of unbranched alkanes of at least 4 members (excludes halogenated alkanes) is 2. The van der Waals surface area contributed by atoms with Crippen molar-refractivity contribution >= 4 is 34.8 Å². The fraction of sp³-hybridized carbons (Fsp3) is 0.818. The molecule has 0 saturated carbocycles. The highest BCUT2D eigenvalue weighted by atomic mass is 35.6. The molecule has 17 heavy (non-hydrogen) atoms. The zero-order valence-electron chi connectivity index (χ0n) is 10.2. The Balaban J connectivity index is 2.93. The summed E-state index contributed by atoms with van der Waals surface area (Å²) in [6.45, 7) is 5.11. The Labute approximate surface area is 117 Å². The molecule has 1 aromatic rings. The Morgan fingerprint density at radius 2 is 1.76 bits per heavy atom. The number of aryl methyl sites for hydroxylation is 1. The van der Waals surface area contributed by atoms with Gasteiger partial charge in [0.2, 0.25) is 3.79 Å². The first-order chi connectivity index (χ1) is 8.00. The van der Waals surface area contributed by atoms with Crippen LogP contribution in [-0.4, -0.2) is 15.0 Å². The first-order valence-corrected chi connectivity index (χ1v) is 7.13. The zero-order valence-corrected chi connectivity index (χ0v) is 12.5. The lowest BCUT2D eigenvalue weighted by atomic mass is 10.1. The maximum absolute atomic E-state index is 5.91. The first kappa shape index (κ1) is 15.1. The minimum Gasteiger partial charge on any atom is -0.249 e. The van der Waals surface area contributed by atoms with Crippen molar-refractivity contribution in [3.8, 4) is 0 Å². The van der Waals surface area contributed by atoms with Crippen LogP contribution in [0.4, 0.5) is 0 Å². The number of halogens is 3. The Morgan fingerprint density at radius 1 is 1.12 bits per heavy atom. The van der Waals surface area contributed by atoms with Crippen LogP contribution in [0.5, 0.6) is 0 Å². The van der Waals surface area contributed by atoms with Crippen LogP contribution < -0.4 is 0 Å². The highest BCUT2D eigenvalue weighted by Gasteiger charge is 2.31. The van der Waals surface area contributed by atoms with Crippen molar-refractivity contribution in [1.82, 2.24) is 15.0 Å². The third-order valence-electron chi connectivity index (χ3n) is 2.60. The van der Waals surface area contributed by atoms with E-state index in [0.29, 0.717) is 5.69 Å². The van der Waals surface area contributed by atoms with Gasteiger partial charge in [0.05, 0.1) is 5.69 Å². The molecule has 0 bridgehead atoms. The summed E-state index contributed by atoms with van der Waals surface area (Å²) in [6, 6.07) is 0. The van der Waals surface area contributed by atoms with Crippen LogP contribution in [0.3, 0.4) is 0 Å². The summed E-state index contributed by atoms with van der Waals surface area (Å²) >= 11 is 17.7. The Kier molecular flexibility index (Phi) is 6.04. The van der Waals surface area contributed by atoms with Gasteiger partial charge in [0.15, 0.2) is 0 Å². The molecule has 0 amide bonds. The maximum Gasteiger partial charge on any atom is 0.236 e. The Morgan fingerprint density at radius 3 is 2.29 bits per heavy atom. The molecule has 0 spiro atoms. The molecular weight excluding hydrogens is 281 g/mol. The topological polar surface area (TPSA) is 30.7 Å². The van der Waals surface area contributed by atoms with Gasteiger partial charge in [-0.1, -0.05) is 66.7 Å². The SMILES string of the molecule is CCCCc1c(C(Cl)(Cl)Cl)nnn1CCCC. The predicted molar refractivity (Wildman–Crippen MR) is 72.8 cm³/mol. The van der Waals surface area contributed by atoms with E-state index in [1.807, 2.05) is 4.68 Å². The molecule has 0 atom stereocenters. The average molecular weight is 299 g/mol. The molecule has 1 heterocycles. The van der Waals surface area contributed by atoms with E-state index < -0.39 is 3.79 Å². The predicted octanol–water partition coefficient (Wildman–Crippen LogP) is 4.25. The number of hydrogen-bond acceptors (Lipinski definition) is 2. The second-order valence-corrected chi connectivity index (χ2v) is 6.34. The summed E-state index contributed by atoms with van der Waals surface area (Å²) in [5.41, 5.74) is 1.44. The number of rotatable bonds is 6. The fourth-order valence-corrected chi connectivity index (χ4v) is 2.07. The third kappa shape index (κ3) is 4.31. The molecule has 3 nitrogen and oxygen atoms in total. The van der Waals surface area contributed by atoms with Crippen LogP contribution in [0, 0.1) is 0 Å². The van der Waals surface area contributed by atoms with E-state index in [1.54, 1.807) is 0 Å². The second-order valence-electron chi connectivity index (χ2n) is 4.06. The van der Waals surface area contributed by atoms with Gasteiger partial charge in [-0.05, 0) is 19.3 Å². The monoisotopic (exact) mass is 297 g/mol. The highest BCUT2D eigenvalue weighted by Crippen LogP contribution is 2.39. The lowest BCUT2D eigenvalue weighted by Gasteiger charge is -2.11. The second kappa shape index (κ2) is 6.81. The molecule has 0 N–H and O–H groups in total. The van der Waals surface area contributed by atoms with Gasteiger partial charge in [0.25, 0.3) is 0 Å². The summed E-state index contributed by atoms with van der Waals surface area (Å²) in [4.78, 5) is 0. The molecule has 1 aromatic heterocycles. The van der Waals surface area contributed by atoms with Crippen LogP contribution >= 0.6 is 34.8 Å². The van der Waals surface area contributed by atoms with E-state index in [9.17, 15) is 0 Å². The number of aromatic nitrogens is 3. The van der Waals surface area contributed by atoms with Gasteiger partial charge < -0.3 is 0 Å². The molecule has 0 saturated heterocycles. The summed E-state index contributed by atoms with van der Waals surface area (Å²) in [5, 5.41) is 8.10. The Bertz CT molecular complexity index is 344. The number of alkyl halides is 3. The normalized spacial score (nSPS) is 12.1. The van der Waals surface area contributed by atoms with Crippen molar-refractivity contribution in [3.63, 3.8) is 0 Å². The van der Waals surface area contributed by atoms with E-state index in [1.165, 1.54) is 0 Å². The standard InChI is InChI=1S/C11H18Cl3N3/c1-3-5-7-9-10(11(12,13)14)15-16-17(9)8-6-4-2/h3-8H2,1-2H3. The van der Waals surface area contributed by atoms with Gasteiger partial charge in [0.1, 0.15) is 5.69 Å². The molecule has 0 aliphatic rings. The van der Waals surface area contributed by atoms with Crippen LogP contribution in [0.15, 0.2) is 0 Å². The van der Waals surface area contributed by atoms with Gasteiger partial charge in [-0.25, -0.2) is 4.68 Å². The molecule has 0 radical (unpaired) electrons. The number of hydrogen-bond donors (Lipinski definition) is 0. The molecule has 0 unspecified atom stereocenters. The van der Waals surface area contributed by atoms with Crippen molar-refractivity contribution in [2.75, 3.05) is 0 Å².